The highest BCUT2D eigenvalue weighted by atomic mass is 32.1. The van der Waals surface area contributed by atoms with E-state index in [4.69, 9.17) is 16.5 Å². The lowest BCUT2D eigenvalue weighted by atomic mass is 10.1. The maximum Gasteiger partial charge on any atom is 0.211 e. The molecule has 4 N–H and O–H groups in total. The maximum atomic E-state index is 5.35. The van der Waals surface area contributed by atoms with E-state index in [1.165, 1.54) is 37.8 Å². The maximum absolute atomic E-state index is 5.35. The summed E-state index contributed by atoms with van der Waals surface area (Å²) in [6.45, 7) is 6.18. The molecule has 1 aliphatic rings. The average molecular weight is 385 g/mol. The summed E-state index contributed by atoms with van der Waals surface area (Å²) >= 11 is 1.61. The minimum atomic E-state index is -0.0449. The minimum absolute atomic E-state index is 0.0449. The van der Waals surface area contributed by atoms with Gasteiger partial charge >= 0.3 is 0 Å². The van der Waals surface area contributed by atoms with Crippen LogP contribution in [-0.4, -0.2) is 29.7 Å². The van der Waals surface area contributed by atoms with Crippen LogP contribution < -0.4 is 16.4 Å². The number of benzene rings is 1. The van der Waals surface area contributed by atoms with Gasteiger partial charge in [0.15, 0.2) is 0 Å². The van der Waals surface area contributed by atoms with Crippen molar-refractivity contribution in [3.8, 4) is 10.6 Å². The van der Waals surface area contributed by atoms with Crippen LogP contribution in [0.4, 0.5) is 5.69 Å². The fraction of sp³-hybridized carbons (Fsp3) is 0.450. The van der Waals surface area contributed by atoms with Gasteiger partial charge in [-0.3, -0.25) is 0 Å². The zero-order valence-corrected chi connectivity index (χ0v) is 16.9. The molecule has 1 aromatic heterocycles. The molecule has 1 saturated heterocycles. The molecule has 2 aromatic rings. The fourth-order valence-electron chi connectivity index (χ4n) is 3.35. The highest BCUT2D eigenvalue weighted by Crippen LogP contribution is 2.30. The van der Waals surface area contributed by atoms with Crippen LogP contribution in [0.2, 0.25) is 0 Å². The van der Waals surface area contributed by atoms with E-state index in [0.717, 1.165) is 39.9 Å². The topological polar surface area (TPSA) is 92.9 Å². The van der Waals surface area contributed by atoms with Gasteiger partial charge in [0.2, 0.25) is 5.96 Å². The number of nitrogens with zero attached hydrogens (tertiary/aromatic N) is 4. The van der Waals surface area contributed by atoms with Crippen LogP contribution in [0.3, 0.4) is 0 Å². The summed E-state index contributed by atoms with van der Waals surface area (Å²) in [5, 5.41) is 8.79. The van der Waals surface area contributed by atoms with Gasteiger partial charge in [0.1, 0.15) is 5.01 Å². The first-order chi connectivity index (χ1) is 13.0. The van der Waals surface area contributed by atoms with Gasteiger partial charge in [0.25, 0.3) is 0 Å². The summed E-state index contributed by atoms with van der Waals surface area (Å²) in [6.07, 6.45) is 6.63. The lowest BCUT2D eigenvalue weighted by Gasteiger charge is -2.27. The van der Waals surface area contributed by atoms with E-state index in [2.05, 4.69) is 39.4 Å². The molecule has 3 rings (SSSR count). The Balaban J connectivity index is 1.78. The molecule has 0 atom stereocenters. The third-order valence-corrected chi connectivity index (χ3v) is 6.09. The minimum Gasteiger partial charge on any atom is -0.372 e. The number of aromatic nitrogens is 1. The van der Waals surface area contributed by atoms with Gasteiger partial charge in [-0.2, -0.15) is 5.10 Å². The zero-order valence-electron chi connectivity index (χ0n) is 16.1. The van der Waals surface area contributed by atoms with E-state index in [9.17, 15) is 0 Å². The molecule has 0 saturated carbocycles. The van der Waals surface area contributed by atoms with Crippen LogP contribution in [0.15, 0.2) is 34.5 Å². The second-order valence-electron chi connectivity index (χ2n) is 6.95. The highest BCUT2D eigenvalue weighted by Gasteiger charge is 2.13. The first-order valence-electron chi connectivity index (χ1n) is 9.51. The molecular weight excluding hydrogens is 356 g/mol. The van der Waals surface area contributed by atoms with E-state index in [1.807, 2.05) is 13.8 Å². The SMILES string of the molecule is C/C(=N\N=C(N)N)c1sc(-c2ccc(N3CCCCCCC3)cc2)nc1C. The number of aryl methyl sites for hydroxylation is 1. The summed E-state index contributed by atoms with van der Waals surface area (Å²) < 4.78 is 0. The van der Waals surface area contributed by atoms with Gasteiger partial charge in [-0.15, -0.1) is 16.4 Å². The quantitative estimate of drug-likeness (QED) is 0.475. The van der Waals surface area contributed by atoms with Crippen molar-refractivity contribution in [2.24, 2.45) is 21.7 Å². The average Bonchev–Trinajstić information content (AvgIpc) is 3.01. The number of guanidine groups is 1. The van der Waals surface area contributed by atoms with Crippen LogP contribution in [0.25, 0.3) is 10.6 Å². The second-order valence-corrected chi connectivity index (χ2v) is 7.94. The van der Waals surface area contributed by atoms with Gasteiger partial charge < -0.3 is 16.4 Å². The van der Waals surface area contributed by atoms with Crippen molar-refractivity contribution in [1.29, 1.82) is 0 Å². The van der Waals surface area contributed by atoms with Crippen molar-refractivity contribution in [2.75, 3.05) is 18.0 Å². The highest BCUT2D eigenvalue weighted by molar-refractivity contribution is 7.17. The Morgan fingerprint density at radius 1 is 1.00 bits per heavy atom. The first-order valence-corrected chi connectivity index (χ1v) is 10.3. The molecule has 0 aliphatic carbocycles. The van der Waals surface area contributed by atoms with Crippen molar-refractivity contribution in [1.82, 2.24) is 4.98 Å². The number of thiazole rings is 1. The van der Waals surface area contributed by atoms with Crippen molar-refractivity contribution in [2.45, 2.75) is 46.0 Å². The van der Waals surface area contributed by atoms with Crippen molar-refractivity contribution in [3.05, 3.63) is 34.8 Å². The Kier molecular flexibility index (Phi) is 6.45. The van der Waals surface area contributed by atoms with Crippen LogP contribution in [-0.2, 0) is 0 Å². The molecule has 27 heavy (non-hydrogen) atoms. The lowest BCUT2D eigenvalue weighted by Crippen LogP contribution is -2.26. The van der Waals surface area contributed by atoms with Gasteiger partial charge in [-0.25, -0.2) is 4.98 Å². The summed E-state index contributed by atoms with van der Waals surface area (Å²) in [5.41, 5.74) is 14.8. The Bertz CT molecular complexity index is 809. The Morgan fingerprint density at radius 3 is 2.26 bits per heavy atom. The molecule has 1 aliphatic heterocycles. The predicted molar refractivity (Wildman–Crippen MR) is 116 cm³/mol. The summed E-state index contributed by atoms with van der Waals surface area (Å²) in [4.78, 5) is 8.22. The molecule has 7 heteroatoms. The summed E-state index contributed by atoms with van der Waals surface area (Å²) in [5.74, 6) is -0.0449. The summed E-state index contributed by atoms with van der Waals surface area (Å²) in [7, 11) is 0. The van der Waals surface area contributed by atoms with Crippen LogP contribution >= 0.6 is 11.3 Å². The van der Waals surface area contributed by atoms with Gasteiger partial charge in [-0.1, -0.05) is 19.3 Å². The molecule has 1 fully saturated rings. The van der Waals surface area contributed by atoms with Gasteiger partial charge in [0.05, 0.1) is 16.3 Å². The molecular formula is C20H28N6S. The Labute approximate surface area is 165 Å². The third-order valence-electron chi connectivity index (χ3n) is 4.78. The monoisotopic (exact) mass is 384 g/mol. The molecule has 1 aromatic carbocycles. The third kappa shape index (κ3) is 5.07. The van der Waals surface area contributed by atoms with Gasteiger partial charge in [0, 0.05) is 24.3 Å². The summed E-state index contributed by atoms with van der Waals surface area (Å²) in [6, 6.07) is 8.76. The van der Waals surface area contributed by atoms with Crippen LogP contribution in [0.5, 0.6) is 0 Å². The van der Waals surface area contributed by atoms with Crippen LogP contribution in [0.1, 0.15) is 49.6 Å². The molecule has 2 heterocycles. The smallest absolute Gasteiger partial charge is 0.211 e. The number of rotatable bonds is 4. The first kappa shape index (κ1) is 19.4. The standard InChI is InChI=1S/C20H28N6S/c1-14-18(15(2)24-25-20(21)22)27-19(23-14)16-8-10-17(11-9-16)26-12-6-4-3-5-7-13-26/h8-11H,3-7,12-13H2,1-2H3,(H4,21,22,25)/b24-15+. The van der Waals surface area contributed by atoms with Crippen molar-refractivity contribution >= 4 is 28.7 Å². The fourth-order valence-corrected chi connectivity index (χ4v) is 4.37. The predicted octanol–water partition coefficient (Wildman–Crippen LogP) is 3.89. The molecule has 6 nitrogen and oxygen atoms in total. The molecule has 0 amide bonds. The molecule has 144 valence electrons. The van der Waals surface area contributed by atoms with E-state index < -0.39 is 0 Å². The lowest BCUT2D eigenvalue weighted by molar-refractivity contribution is 0.556. The van der Waals surface area contributed by atoms with Crippen LogP contribution in [0, 0.1) is 6.92 Å². The Hall–Kier alpha value is -2.41. The molecule has 0 radical (unpaired) electrons. The number of anilines is 1. The van der Waals surface area contributed by atoms with Crippen molar-refractivity contribution in [3.63, 3.8) is 0 Å². The normalized spacial score (nSPS) is 15.9. The number of hydrogen-bond donors (Lipinski definition) is 2. The Morgan fingerprint density at radius 2 is 1.63 bits per heavy atom. The van der Waals surface area contributed by atoms with E-state index in [-0.39, 0.29) is 5.96 Å². The number of nitrogens with two attached hydrogens (primary N) is 2. The zero-order chi connectivity index (χ0) is 19.2. The number of hydrogen-bond acceptors (Lipinski definition) is 5. The van der Waals surface area contributed by atoms with Crippen molar-refractivity contribution < 1.29 is 0 Å². The molecule has 0 spiro atoms. The van der Waals surface area contributed by atoms with E-state index >= 15 is 0 Å². The van der Waals surface area contributed by atoms with Gasteiger partial charge in [-0.05, 0) is 51.0 Å². The molecule has 0 bridgehead atoms. The van der Waals surface area contributed by atoms with E-state index in [0.29, 0.717) is 0 Å². The molecule has 0 unspecified atom stereocenters. The van der Waals surface area contributed by atoms with E-state index in [1.54, 1.807) is 11.3 Å². The largest absolute Gasteiger partial charge is 0.372 e. The second kappa shape index (κ2) is 8.99.